The summed E-state index contributed by atoms with van der Waals surface area (Å²) in [5.41, 5.74) is 1.11. The summed E-state index contributed by atoms with van der Waals surface area (Å²) in [5.74, 6) is 0. The third kappa shape index (κ3) is 4.59. The zero-order chi connectivity index (χ0) is 16.9. The van der Waals surface area contributed by atoms with Gasteiger partial charge in [-0.15, -0.1) is 0 Å². The minimum Gasteiger partial charge on any atom is -0.308 e. The van der Waals surface area contributed by atoms with Crippen molar-refractivity contribution in [3.63, 3.8) is 0 Å². The van der Waals surface area contributed by atoms with Crippen molar-refractivity contribution in [2.24, 2.45) is 0 Å². The fraction of sp³-hybridized carbons (Fsp3) is 0.294. The highest BCUT2D eigenvalue weighted by Gasteiger charge is 2.38. The zero-order valence-electron chi connectivity index (χ0n) is 13.0. The van der Waals surface area contributed by atoms with Crippen LogP contribution in [0, 0.1) is 0 Å². The van der Waals surface area contributed by atoms with Crippen molar-refractivity contribution in [2.75, 3.05) is 13.2 Å². The molecule has 0 atom stereocenters. The van der Waals surface area contributed by atoms with Gasteiger partial charge in [0.2, 0.25) is 0 Å². The molecule has 0 N–H and O–H groups in total. The van der Waals surface area contributed by atoms with Gasteiger partial charge < -0.3 is 9.05 Å². The predicted molar refractivity (Wildman–Crippen MR) is 95.6 cm³/mol. The topological polar surface area (TPSA) is 35.5 Å². The first-order chi connectivity index (χ1) is 11.0. The summed E-state index contributed by atoms with van der Waals surface area (Å²) in [4.78, 5) is 0. The van der Waals surface area contributed by atoms with Crippen molar-refractivity contribution in [3.8, 4) is 0 Å². The van der Waals surface area contributed by atoms with E-state index in [1.54, 1.807) is 38.1 Å². The lowest BCUT2D eigenvalue weighted by atomic mass is 10.0. The SMILES string of the molecule is CCOP(=O)(OCC)C(c1ccc(Cl)cc1)c1ccc(Cl)cc1. The summed E-state index contributed by atoms with van der Waals surface area (Å²) in [6, 6.07) is 14.4. The molecule has 0 saturated carbocycles. The maximum absolute atomic E-state index is 13.4. The quantitative estimate of drug-likeness (QED) is 0.531. The second kappa shape index (κ2) is 8.32. The van der Waals surface area contributed by atoms with E-state index in [9.17, 15) is 4.57 Å². The van der Waals surface area contributed by atoms with E-state index in [2.05, 4.69) is 0 Å². The lowest BCUT2D eigenvalue weighted by molar-refractivity contribution is 0.215. The fourth-order valence-electron chi connectivity index (χ4n) is 2.39. The van der Waals surface area contributed by atoms with Crippen LogP contribution in [0.3, 0.4) is 0 Å². The van der Waals surface area contributed by atoms with Gasteiger partial charge in [-0.05, 0) is 49.2 Å². The summed E-state index contributed by atoms with van der Waals surface area (Å²) in [6.07, 6.45) is 0. The number of benzene rings is 2. The summed E-state index contributed by atoms with van der Waals surface area (Å²) in [5, 5.41) is 1.23. The van der Waals surface area contributed by atoms with Crippen LogP contribution in [0.25, 0.3) is 0 Å². The molecule has 0 amide bonds. The molecule has 0 fully saturated rings. The lowest BCUT2D eigenvalue weighted by Gasteiger charge is -2.27. The first-order valence-electron chi connectivity index (χ1n) is 7.40. The van der Waals surface area contributed by atoms with Crippen molar-refractivity contribution < 1.29 is 13.6 Å². The normalized spacial score (nSPS) is 11.9. The second-order valence-corrected chi connectivity index (χ2v) is 7.87. The Hall–Kier alpha value is -0.830. The molecule has 2 aromatic rings. The van der Waals surface area contributed by atoms with Gasteiger partial charge in [-0.1, -0.05) is 47.5 Å². The van der Waals surface area contributed by atoms with Gasteiger partial charge in [0.25, 0.3) is 0 Å². The van der Waals surface area contributed by atoms with Gasteiger partial charge in [-0.3, -0.25) is 4.57 Å². The minimum atomic E-state index is -3.39. The van der Waals surface area contributed by atoms with E-state index in [1.807, 2.05) is 24.3 Å². The van der Waals surface area contributed by atoms with Crippen molar-refractivity contribution >= 4 is 30.8 Å². The predicted octanol–water partition coefficient (Wildman–Crippen LogP) is 6.35. The Morgan fingerprint density at radius 2 is 1.17 bits per heavy atom. The molecule has 0 spiro atoms. The molecule has 0 aliphatic carbocycles. The molecule has 2 rings (SSSR count). The van der Waals surface area contributed by atoms with E-state index in [4.69, 9.17) is 32.2 Å². The van der Waals surface area contributed by atoms with Crippen molar-refractivity contribution in [2.45, 2.75) is 19.5 Å². The van der Waals surface area contributed by atoms with Gasteiger partial charge in [-0.25, -0.2) is 0 Å². The van der Waals surface area contributed by atoms with Crippen LogP contribution in [-0.4, -0.2) is 13.2 Å². The largest absolute Gasteiger partial charge is 0.342 e. The molecule has 0 radical (unpaired) electrons. The van der Waals surface area contributed by atoms with Gasteiger partial charge >= 0.3 is 7.60 Å². The molecule has 0 unspecified atom stereocenters. The molecule has 0 aromatic heterocycles. The Labute approximate surface area is 147 Å². The van der Waals surface area contributed by atoms with Crippen LogP contribution in [0.2, 0.25) is 10.0 Å². The van der Waals surface area contributed by atoms with Gasteiger partial charge in [0.1, 0.15) is 5.66 Å². The first-order valence-corrected chi connectivity index (χ1v) is 9.76. The summed E-state index contributed by atoms with van der Waals surface area (Å²) >= 11 is 11.9. The third-order valence-corrected chi connectivity index (χ3v) is 6.27. The van der Waals surface area contributed by atoms with Crippen LogP contribution in [0.5, 0.6) is 0 Å². The third-order valence-electron chi connectivity index (χ3n) is 3.31. The molecular formula is C17H19Cl2O3P. The van der Waals surface area contributed by atoms with Crippen LogP contribution in [0.1, 0.15) is 30.6 Å². The number of rotatable bonds is 7. The molecule has 3 nitrogen and oxygen atoms in total. The Kier molecular flexibility index (Phi) is 6.70. The Bertz CT molecular complexity index is 616. The Morgan fingerprint density at radius 1 is 0.826 bits per heavy atom. The van der Waals surface area contributed by atoms with E-state index in [1.165, 1.54) is 0 Å². The summed E-state index contributed by atoms with van der Waals surface area (Å²) in [6.45, 7) is 4.20. The van der Waals surface area contributed by atoms with E-state index >= 15 is 0 Å². The maximum Gasteiger partial charge on any atom is 0.342 e. The lowest BCUT2D eigenvalue weighted by Crippen LogP contribution is -2.08. The molecule has 0 heterocycles. The fourth-order valence-corrected chi connectivity index (χ4v) is 4.81. The second-order valence-electron chi connectivity index (χ2n) is 4.88. The highest BCUT2D eigenvalue weighted by molar-refractivity contribution is 7.54. The van der Waals surface area contributed by atoms with Crippen molar-refractivity contribution in [1.29, 1.82) is 0 Å². The Balaban J connectivity index is 2.55. The van der Waals surface area contributed by atoms with Crippen molar-refractivity contribution in [3.05, 3.63) is 69.7 Å². The summed E-state index contributed by atoms with van der Waals surface area (Å²) in [7, 11) is -3.39. The van der Waals surface area contributed by atoms with Crippen LogP contribution in [0.4, 0.5) is 0 Å². The summed E-state index contributed by atoms with van der Waals surface area (Å²) < 4.78 is 24.5. The van der Waals surface area contributed by atoms with Crippen LogP contribution >= 0.6 is 30.8 Å². The molecule has 0 aliphatic heterocycles. The van der Waals surface area contributed by atoms with E-state index < -0.39 is 13.3 Å². The van der Waals surface area contributed by atoms with Gasteiger partial charge in [-0.2, -0.15) is 0 Å². The van der Waals surface area contributed by atoms with Gasteiger partial charge in [0.05, 0.1) is 13.2 Å². The average Bonchev–Trinajstić information content (AvgIpc) is 2.52. The first kappa shape index (κ1) is 18.5. The standard InChI is InChI=1S/C17H19Cl2O3P/c1-3-21-23(20,22-4-2)17(13-5-9-15(18)10-6-13)14-7-11-16(19)12-8-14/h5-12,17H,3-4H2,1-2H3. The van der Waals surface area contributed by atoms with Gasteiger partial charge in [0, 0.05) is 10.0 Å². The highest BCUT2D eigenvalue weighted by atomic mass is 35.5. The average molecular weight is 373 g/mol. The molecule has 0 aliphatic rings. The van der Waals surface area contributed by atoms with E-state index in [0.717, 1.165) is 11.1 Å². The molecule has 2 aromatic carbocycles. The highest BCUT2D eigenvalue weighted by Crippen LogP contribution is 2.63. The van der Waals surface area contributed by atoms with E-state index in [-0.39, 0.29) is 0 Å². The molecular weight excluding hydrogens is 354 g/mol. The van der Waals surface area contributed by atoms with Crippen LogP contribution < -0.4 is 0 Å². The maximum atomic E-state index is 13.4. The van der Waals surface area contributed by atoms with Gasteiger partial charge in [0.15, 0.2) is 0 Å². The Morgan fingerprint density at radius 3 is 1.48 bits per heavy atom. The molecule has 0 bridgehead atoms. The van der Waals surface area contributed by atoms with Crippen molar-refractivity contribution in [1.82, 2.24) is 0 Å². The smallest absolute Gasteiger partial charge is 0.308 e. The molecule has 0 saturated heterocycles. The molecule has 23 heavy (non-hydrogen) atoms. The minimum absolute atomic E-state index is 0.301. The van der Waals surface area contributed by atoms with E-state index in [0.29, 0.717) is 23.3 Å². The van der Waals surface area contributed by atoms with Crippen LogP contribution in [0.15, 0.2) is 48.5 Å². The number of halogens is 2. The zero-order valence-corrected chi connectivity index (χ0v) is 15.4. The molecule has 6 heteroatoms. The number of hydrogen-bond donors (Lipinski definition) is 0. The molecule has 124 valence electrons. The van der Waals surface area contributed by atoms with Crippen LogP contribution in [-0.2, 0) is 13.6 Å². The monoisotopic (exact) mass is 372 g/mol. The number of hydrogen-bond acceptors (Lipinski definition) is 3.